The van der Waals surface area contributed by atoms with Crippen LogP contribution in [0.25, 0.3) is 0 Å². The van der Waals surface area contributed by atoms with Crippen LogP contribution in [-0.2, 0) is 6.54 Å². The van der Waals surface area contributed by atoms with Gasteiger partial charge in [0.05, 0.1) is 6.10 Å². The van der Waals surface area contributed by atoms with E-state index in [9.17, 15) is 0 Å². The summed E-state index contributed by atoms with van der Waals surface area (Å²) in [6, 6.07) is 12.7. The Morgan fingerprint density at radius 3 is 2.64 bits per heavy atom. The molecule has 3 rings (SSSR count). The fourth-order valence-electron chi connectivity index (χ4n) is 2.84. The molecule has 1 aliphatic rings. The fourth-order valence-corrected chi connectivity index (χ4v) is 2.84. The van der Waals surface area contributed by atoms with E-state index in [4.69, 9.17) is 4.74 Å². The molecule has 1 unspecified atom stereocenters. The molecule has 0 bridgehead atoms. The molecule has 3 nitrogen and oxygen atoms in total. The molecule has 0 aliphatic carbocycles. The smallest absolute Gasteiger partial charge is 0.124 e. The largest absolute Gasteiger partial charge is 0.490 e. The van der Waals surface area contributed by atoms with Crippen molar-refractivity contribution >= 4 is 0 Å². The standard InChI is InChI=1S/C19H24N2O/c1-3-15(2)22-19-7-5-4-6-17(19)12-21-13-18(14-21)16-8-10-20-11-9-16/h4-11,15,18H,3,12-14H2,1-2H3. The van der Waals surface area contributed by atoms with E-state index in [2.05, 4.69) is 60.1 Å². The molecule has 22 heavy (non-hydrogen) atoms. The second-order valence-electron chi connectivity index (χ2n) is 6.12. The van der Waals surface area contributed by atoms with E-state index >= 15 is 0 Å². The predicted octanol–water partition coefficient (Wildman–Crippen LogP) is 3.86. The maximum atomic E-state index is 6.04. The first-order valence-electron chi connectivity index (χ1n) is 8.13. The normalized spacial score (nSPS) is 17.0. The van der Waals surface area contributed by atoms with Crippen molar-refractivity contribution in [1.29, 1.82) is 0 Å². The SMILES string of the molecule is CCC(C)Oc1ccccc1CN1CC(c2ccncc2)C1. The monoisotopic (exact) mass is 296 g/mol. The molecule has 3 heteroatoms. The van der Waals surface area contributed by atoms with Gasteiger partial charge in [0.15, 0.2) is 0 Å². The third-order valence-electron chi connectivity index (χ3n) is 4.40. The molecule has 1 aromatic heterocycles. The Balaban J connectivity index is 1.59. The second-order valence-corrected chi connectivity index (χ2v) is 6.12. The number of pyridine rings is 1. The van der Waals surface area contributed by atoms with Crippen molar-refractivity contribution < 1.29 is 4.74 Å². The molecule has 1 fully saturated rings. The van der Waals surface area contributed by atoms with Crippen LogP contribution >= 0.6 is 0 Å². The summed E-state index contributed by atoms with van der Waals surface area (Å²) in [7, 11) is 0. The third kappa shape index (κ3) is 3.47. The second kappa shape index (κ2) is 6.93. The molecule has 0 saturated carbocycles. The van der Waals surface area contributed by atoms with Gasteiger partial charge >= 0.3 is 0 Å². The van der Waals surface area contributed by atoms with Crippen LogP contribution in [0, 0.1) is 0 Å². The van der Waals surface area contributed by atoms with Gasteiger partial charge in [0.1, 0.15) is 5.75 Å². The van der Waals surface area contributed by atoms with Gasteiger partial charge in [-0.3, -0.25) is 9.88 Å². The van der Waals surface area contributed by atoms with Crippen molar-refractivity contribution in [3.63, 3.8) is 0 Å². The van der Waals surface area contributed by atoms with E-state index < -0.39 is 0 Å². The van der Waals surface area contributed by atoms with Gasteiger partial charge in [-0.2, -0.15) is 0 Å². The molecule has 0 spiro atoms. The van der Waals surface area contributed by atoms with Gasteiger partial charge in [-0.15, -0.1) is 0 Å². The van der Waals surface area contributed by atoms with Crippen molar-refractivity contribution in [2.24, 2.45) is 0 Å². The molecule has 2 heterocycles. The average Bonchev–Trinajstić information content (AvgIpc) is 2.52. The minimum absolute atomic E-state index is 0.266. The molecule has 116 valence electrons. The van der Waals surface area contributed by atoms with Gasteiger partial charge in [-0.1, -0.05) is 25.1 Å². The number of nitrogens with zero attached hydrogens (tertiary/aromatic N) is 2. The van der Waals surface area contributed by atoms with E-state index in [1.54, 1.807) is 0 Å². The van der Waals surface area contributed by atoms with Gasteiger partial charge in [0.2, 0.25) is 0 Å². The van der Waals surface area contributed by atoms with Gasteiger partial charge in [-0.25, -0.2) is 0 Å². The fraction of sp³-hybridized carbons (Fsp3) is 0.421. The van der Waals surface area contributed by atoms with Crippen molar-refractivity contribution in [1.82, 2.24) is 9.88 Å². The summed E-state index contributed by atoms with van der Waals surface area (Å²) in [6.45, 7) is 7.47. The highest BCUT2D eigenvalue weighted by molar-refractivity contribution is 5.34. The van der Waals surface area contributed by atoms with Crippen LogP contribution in [0.4, 0.5) is 0 Å². The highest BCUT2D eigenvalue weighted by Crippen LogP contribution is 2.30. The number of rotatable bonds is 6. The van der Waals surface area contributed by atoms with E-state index in [1.807, 2.05) is 12.4 Å². The van der Waals surface area contributed by atoms with E-state index in [0.29, 0.717) is 5.92 Å². The van der Waals surface area contributed by atoms with Gasteiger partial charge in [0, 0.05) is 43.5 Å². The quantitative estimate of drug-likeness (QED) is 0.809. The highest BCUT2D eigenvalue weighted by Gasteiger charge is 2.28. The Morgan fingerprint density at radius 1 is 1.18 bits per heavy atom. The number of aromatic nitrogens is 1. The molecular weight excluding hydrogens is 272 g/mol. The number of benzene rings is 1. The lowest BCUT2D eigenvalue weighted by molar-refractivity contribution is 0.135. The molecule has 1 atom stereocenters. The molecule has 0 amide bonds. The number of ether oxygens (including phenoxy) is 1. The molecule has 2 aromatic rings. The van der Waals surface area contributed by atoms with Crippen LogP contribution in [-0.4, -0.2) is 29.1 Å². The van der Waals surface area contributed by atoms with E-state index in [1.165, 1.54) is 11.1 Å². The van der Waals surface area contributed by atoms with Crippen LogP contribution in [0.3, 0.4) is 0 Å². The topological polar surface area (TPSA) is 25.4 Å². The minimum atomic E-state index is 0.266. The molecule has 1 saturated heterocycles. The summed E-state index contributed by atoms with van der Waals surface area (Å²) in [5, 5.41) is 0. The van der Waals surface area contributed by atoms with Gasteiger partial charge in [-0.05, 0) is 37.1 Å². The Labute approximate surface area is 132 Å². The first-order valence-corrected chi connectivity index (χ1v) is 8.13. The number of hydrogen-bond donors (Lipinski definition) is 0. The van der Waals surface area contributed by atoms with Crippen molar-refractivity contribution in [2.45, 2.75) is 38.8 Å². The maximum absolute atomic E-state index is 6.04. The van der Waals surface area contributed by atoms with E-state index in [0.717, 1.165) is 31.8 Å². The summed E-state index contributed by atoms with van der Waals surface area (Å²) >= 11 is 0. The van der Waals surface area contributed by atoms with Crippen molar-refractivity contribution in [2.75, 3.05) is 13.1 Å². The zero-order chi connectivity index (χ0) is 15.4. The zero-order valence-corrected chi connectivity index (χ0v) is 13.4. The Morgan fingerprint density at radius 2 is 1.91 bits per heavy atom. The van der Waals surface area contributed by atoms with Gasteiger partial charge in [0.25, 0.3) is 0 Å². The van der Waals surface area contributed by atoms with Crippen molar-refractivity contribution in [3.8, 4) is 5.75 Å². The number of hydrogen-bond acceptors (Lipinski definition) is 3. The molecule has 1 aromatic carbocycles. The third-order valence-corrected chi connectivity index (χ3v) is 4.40. The lowest BCUT2D eigenvalue weighted by Crippen LogP contribution is -2.44. The number of likely N-dealkylation sites (tertiary alicyclic amines) is 1. The van der Waals surface area contributed by atoms with Crippen LogP contribution < -0.4 is 4.74 Å². The minimum Gasteiger partial charge on any atom is -0.490 e. The maximum Gasteiger partial charge on any atom is 0.124 e. The summed E-state index contributed by atoms with van der Waals surface area (Å²) in [4.78, 5) is 6.57. The predicted molar refractivity (Wildman–Crippen MR) is 89.1 cm³/mol. The summed E-state index contributed by atoms with van der Waals surface area (Å²) in [5.41, 5.74) is 2.69. The van der Waals surface area contributed by atoms with Crippen LogP contribution in [0.1, 0.15) is 37.3 Å². The van der Waals surface area contributed by atoms with Gasteiger partial charge < -0.3 is 4.74 Å². The summed E-state index contributed by atoms with van der Waals surface area (Å²) in [6.07, 6.45) is 5.06. The Bertz CT molecular complexity index is 593. The van der Waals surface area contributed by atoms with Crippen LogP contribution in [0.2, 0.25) is 0 Å². The summed E-state index contributed by atoms with van der Waals surface area (Å²) in [5.74, 6) is 1.68. The highest BCUT2D eigenvalue weighted by atomic mass is 16.5. The van der Waals surface area contributed by atoms with Crippen LogP contribution in [0.15, 0.2) is 48.8 Å². The first kappa shape index (κ1) is 15.0. The molecule has 1 aliphatic heterocycles. The van der Waals surface area contributed by atoms with E-state index in [-0.39, 0.29) is 6.10 Å². The molecular formula is C19H24N2O. The first-order chi connectivity index (χ1) is 10.8. The molecule has 0 radical (unpaired) electrons. The number of para-hydroxylation sites is 1. The lowest BCUT2D eigenvalue weighted by Gasteiger charge is -2.39. The lowest BCUT2D eigenvalue weighted by atomic mass is 9.92. The summed E-state index contributed by atoms with van der Waals surface area (Å²) < 4.78 is 6.04. The van der Waals surface area contributed by atoms with Crippen molar-refractivity contribution in [3.05, 3.63) is 59.9 Å². The zero-order valence-electron chi connectivity index (χ0n) is 13.4. The van der Waals surface area contributed by atoms with Crippen LogP contribution in [0.5, 0.6) is 5.75 Å². The molecule has 0 N–H and O–H groups in total. The average molecular weight is 296 g/mol. The Kier molecular flexibility index (Phi) is 4.74. The Hall–Kier alpha value is -1.87.